The van der Waals surface area contributed by atoms with E-state index in [0.717, 1.165) is 6.07 Å². The number of hydrogen-bond donors (Lipinski definition) is 1. The quantitative estimate of drug-likeness (QED) is 0.710. The maximum Gasteiger partial charge on any atom is 0.417 e. The smallest absolute Gasteiger partial charge is 0.398 e. The maximum absolute atomic E-state index is 13.6. The van der Waals surface area contributed by atoms with E-state index in [1.54, 1.807) is 6.07 Å². The second-order valence-electron chi connectivity index (χ2n) is 6.37. The molecular formula is C18H17F3N6. The molecule has 2 N–H and O–H groups in total. The molecule has 9 heteroatoms. The molecule has 0 bridgehead atoms. The molecule has 0 unspecified atom stereocenters. The first kappa shape index (κ1) is 18.7. The van der Waals surface area contributed by atoms with E-state index >= 15 is 0 Å². The van der Waals surface area contributed by atoms with Gasteiger partial charge in [-0.25, -0.2) is 9.67 Å². The lowest BCUT2D eigenvalue weighted by Gasteiger charge is -2.13. The fourth-order valence-corrected chi connectivity index (χ4v) is 2.70. The van der Waals surface area contributed by atoms with Crippen LogP contribution in [0.2, 0.25) is 0 Å². The molecule has 0 aliphatic carbocycles. The molecule has 0 aliphatic heterocycles. The van der Waals surface area contributed by atoms with Crippen LogP contribution in [0.4, 0.5) is 18.9 Å². The zero-order valence-electron chi connectivity index (χ0n) is 14.7. The second kappa shape index (κ2) is 6.89. The number of anilines is 1. The zero-order chi connectivity index (χ0) is 19.8. The maximum atomic E-state index is 13.6. The number of nitriles is 1. The van der Waals surface area contributed by atoms with Gasteiger partial charge in [0.05, 0.1) is 34.9 Å². The molecule has 0 saturated carbocycles. The first-order valence-electron chi connectivity index (χ1n) is 8.09. The van der Waals surface area contributed by atoms with Crippen molar-refractivity contribution in [2.45, 2.75) is 12.7 Å². The van der Waals surface area contributed by atoms with Crippen molar-refractivity contribution in [2.24, 2.45) is 0 Å². The Hall–Kier alpha value is -3.12. The van der Waals surface area contributed by atoms with Crippen molar-refractivity contribution in [1.29, 1.82) is 5.26 Å². The molecule has 0 radical (unpaired) electrons. The van der Waals surface area contributed by atoms with E-state index in [1.165, 1.54) is 23.0 Å². The number of aromatic nitrogens is 3. The third kappa shape index (κ3) is 3.71. The van der Waals surface area contributed by atoms with E-state index in [1.807, 2.05) is 25.1 Å². The first-order valence-corrected chi connectivity index (χ1v) is 8.09. The van der Waals surface area contributed by atoms with Gasteiger partial charge in [-0.1, -0.05) is 6.07 Å². The summed E-state index contributed by atoms with van der Waals surface area (Å²) < 4.78 is 42.3. The van der Waals surface area contributed by atoms with E-state index < -0.39 is 11.7 Å². The highest BCUT2D eigenvalue weighted by Gasteiger charge is 2.34. The van der Waals surface area contributed by atoms with Gasteiger partial charge in [0.1, 0.15) is 6.07 Å². The molecule has 1 aromatic carbocycles. The molecule has 0 saturated heterocycles. The average molecular weight is 374 g/mol. The van der Waals surface area contributed by atoms with Crippen molar-refractivity contribution < 1.29 is 13.2 Å². The minimum absolute atomic E-state index is 0.0547. The predicted molar refractivity (Wildman–Crippen MR) is 95.6 cm³/mol. The summed E-state index contributed by atoms with van der Waals surface area (Å²) in [7, 11) is 3.73. The molecule has 27 heavy (non-hydrogen) atoms. The second-order valence-corrected chi connectivity index (χ2v) is 6.37. The van der Waals surface area contributed by atoms with Crippen LogP contribution in [0.25, 0.3) is 22.3 Å². The number of nitrogens with zero attached hydrogens (tertiary/aromatic N) is 5. The molecule has 6 nitrogen and oxygen atoms in total. The number of pyridine rings is 1. The number of alkyl halides is 3. The summed E-state index contributed by atoms with van der Waals surface area (Å²) >= 11 is 0. The summed E-state index contributed by atoms with van der Waals surface area (Å²) in [6, 6.07) is 7.37. The van der Waals surface area contributed by atoms with Gasteiger partial charge in [-0.2, -0.15) is 23.5 Å². The highest BCUT2D eigenvalue weighted by Crippen LogP contribution is 2.37. The SMILES string of the molecule is CN(C)CCn1ncc2c(C(F)(F)F)cc(-c3ccc(N)c(C#N)c3)nc21. The normalized spacial score (nSPS) is 11.9. The Labute approximate surface area is 153 Å². The molecule has 0 amide bonds. The number of halogens is 3. The lowest BCUT2D eigenvalue weighted by atomic mass is 10.0. The van der Waals surface area contributed by atoms with Crippen molar-refractivity contribution in [3.63, 3.8) is 0 Å². The van der Waals surface area contributed by atoms with Crippen LogP contribution in [-0.2, 0) is 12.7 Å². The topological polar surface area (TPSA) is 83.8 Å². The molecule has 0 spiro atoms. The van der Waals surface area contributed by atoms with Crippen LogP contribution in [-0.4, -0.2) is 40.3 Å². The van der Waals surface area contributed by atoms with Crippen molar-refractivity contribution >= 4 is 16.7 Å². The fourth-order valence-electron chi connectivity index (χ4n) is 2.70. The summed E-state index contributed by atoms with van der Waals surface area (Å²) in [5.74, 6) is 0. The van der Waals surface area contributed by atoms with E-state index in [-0.39, 0.29) is 28.0 Å². The van der Waals surface area contributed by atoms with Crippen LogP contribution in [0.3, 0.4) is 0 Å². The van der Waals surface area contributed by atoms with Crippen LogP contribution in [0.15, 0.2) is 30.5 Å². The predicted octanol–water partition coefficient (Wildman–Crippen LogP) is 3.13. The molecular weight excluding hydrogens is 357 g/mol. The number of benzene rings is 1. The van der Waals surface area contributed by atoms with Crippen LogP contribution < -0.4 is 5.73 Å². The monoisotopic (exact) mass is 374 g/mol. The Morgan fingerprint density at radius 3 is 2.63 bits per heavy atom. The van der Waals surface area contributed by atoms with Crippen LogP contribution in [0, 0.1) is 11.3 Å². The Bertz CT molecular complexity index is 1030. The van der Waals surface area contributed by atoms with Gasteiger partial charge in [-0.3, -0.25) is 0 Å². The number of rotatable bonds is 4. The Morgan fingerprint density at radius 2 is 2.00 bits per heavy atom. The average Bonchev–Trinajstić information content (AvgIpc) is 3.01. The highest BCUT2D eigenvalue weighted by molar-refractivity contribution is 5.83. The molecule has 3 aromatic rings. The van der Waals surface area contributed by atoms with Crippen molar-refractivity contribution in [2.75, 3.05) is 26.4 Å². The van der Waals surface area contributed by atoms with Gasteiger partial charge < -0.3 is 10.6 Å². The van der Waals surface area contributed by atoms with Crippen molar-refractivity contribution in [3.8, 4) is 17.3 Å². The summed E-state index contributed by atoms with van der Waals surface area (Å²) in [6.07, 6.45) is -3.37. The molecule has 2 aromatic heterocycles. The minimum atomic E-state index is -4.56. The largest absolute Gasteiger partial charge is 0.417 e. The molecule has 0 atom stereocenters. The first-order chi connectivity index (χ1) is 12.7. The minimum Gasteiger partial charge on any atom is -0.398 e. The molecule has 0 aliphatic rings. The number of fused-ring (bicyclic) bond motifs is 1. The van der Waals surface area contributed by atoms with Crippen molar-refractivity contribution in [3.05, 3.63) is 41.6 Å². The molecule has 3 rings (SSSR count). The third-order valence-corrected chi connectivity index (χ3v) is 4.14. The number of nitrogen functional groups attached to an aromatic ring is 1. The fraction of sp³-hybridized carbons (Fsp3) is 0.278. The summed E-state index contributed by atoms with van der Waals surface area (Å²) in [5.41, 5.74) is 5.98. The van der Waals surface area contributed by atoms with Gasteiger partial charge in [-0.05, 0) is 32.3 Å². The Kier molecular flexibility index (Phi) is 4.76. The van der Waals surface area contributed by atoms with Crippen LogP contribution >= 0.6 is 0 Å². The summed E-state index contributed by atoms with van der Waals surface area (Å²) in [4.78, 5) is 6.30. The van der Waals surface area contributed by atoms with Gasteiger partial charge in [0.2, 0.25) is 0 Å². The van der Waals surface area contributed by atoms with Crippen molar-refractivity contribution in [1.82, 2.24) is 19.7 Å². The highest BCUT2D eigenvalue weighted by atomic mass is 19.4. The van der Waals surface area contributed by atoms with Gasteiger partial charge in [0.15, 0.2) is 5.65 Å². The molecule has 2 heterocycles. The molecule has 0 fully saturated rings. The Balaban J connectivity index is 2.21. The number of hydrogen-bond acceptors (Lipinski definition) is 5. The van der Waals surface area contributed by atoms with E-state index in [2.05, 4.69) is 10.1 Å². The lowest BCUT2D eigenvalue weighted by molar-refractivity contribution is -0.136. The van der Waals surface area contributed by atoms with Gasteiger partial charge >= 0.3 is 6.18 Å². The Morgan fingerprint density at radius 1 is 1.26 bits per heavy atom. The van der Waals surface area contributed by atoms with E-state index in [9.17, 15) is 13.2 Å². The lowest BCUT2D eigenvalue weighted by Crippen LogP contribution is -2.19. The standard InChI is InChI=1S/C18H17F3N6/c1-26(2)5-6-27-17-13(10-24-27)14(18(19,20)21)8-16(25-17)11-3-4-15(23)12(7-11)9-22/h3-4,7-8,10H,5-6,23H2,1-2H3. The van der Waals surface area contributed by atoms with Crippen LogP contribution in [0.5, 0.6) is 0 Å². The van der Waals surface area contributed by atoms with Crippen LogP contribution in [0.1, 0.15) is 11.1 Å². The zero-order valence-corrected chi connectivity index (χ0v) is 14.7. The van der Waals surface area contributed by atoms with E-state index in [0.29, 0.717) is 18.7 Å². The number of likely N-dealkylation sites (N-methyl/N-ethyl adjacent to an activating group) is 1. The molecule has 140 valence electrons. The van der Waals surface area contributed by atoms with Gasteiger partial charge in [-0.15, -0.1) is 0 Å². The summed E-state index contributed by atoms with van der Waals surface area (Å²) in [6.45, 7) is 1.000. The number of nitrogens with two attached hydrogens (primary N) is 1. The third-order valence-electron chi connectivity index (χ3n) is 4.14. The van der Waals surface area contributed by atoms with Gasteiger partial charge in [0, 0.05) is 17.8 Å². The van der Waals surface area contributed by atoms with Gasteiger partial charge in [0.25, 0.3) is 0 Å². The summed E-state index contributed by atoms with van der Waals surface area (Å²) in [5, 5.41) is 13.2. The van der Waals surface area contributed by atoms with E-state index in [4.69, 9.17) is 11.0 Å².